The molecule has 0 fully saturated rings. The Balaban J connectivity index is 2.16. The van der Waals surface area contributed by atoms with E-state index >= 15 is 0 Å². The number of nitrogens with one attached hydrogen (secondary N) is 1. The third kappa shape index (κ3) is 4.79. The summed E-state index contributed by atoms with van der Waals surface area (Å²) >= 11 is 0. The summed E-state index contributed by atoms with van der Waals surface area (Å²) in [6.45, 7) is 0. The fraction of sp³-hybridized carbons (Fsp3) is 0.0714. The van der Waals surface area contributed by atoms with Gasteiger partial charge in [0.25, 0.3) is 0 Å². The molecule has 0 radical (unpaired) electrons. The van der Waals surface area contributed by atoms with Gasteiger partial charge in [-0.25, -0.2) is 4.39 Å². The molecule has 0 heterocycles. The minimum Gasteiger partial charge on any atom is -0.405 e. The predicted molar refractivity (Wildman–Crippen MR) is 70.7 cm³/mol. The molecule has 7 heteroatoms. The van der Waals surface area contributed by atoms with E-state index in [0.29, 0.717) is 5.69 Å². The van der Waals surface area contributed by atoms with Crippen LogP contribution >= 0.6 is 0 Å². The van der Waals surface area contributed by atoms with Gasteiger partial charge in [-0.2, -0.15) is 5.10 Å². The number of alkyl halides is 3. The average Bonchev–Trinajstić information content (AvgIpc) is 2.42. The third-order valence-corrected chi connectivity index (χ3v) is 2.37. The number of nitrogens with zero attached hydrogens (tertiary/aromatic N) is 1. The van der Waals surface area contributed by atoms with E-state index in [1.165, 1.54) is 0 Å². The zero-order valence-electron chi connectivity index (χ0n) is 10.6. The summed E-state index contributed by atoms with van der Waals surface area (Å²) in [5.74, 6) is -1.21. The van der Waals surface area contributed by atoms with E-state index in [4.69, 9.17) is 0 Å². The molecular formula is C14H10F4N2O. The Morgan fingerprint density at radius 1 is 1.05 bits per heavy atom. The van der Waals surface area contributed by atoms with Crippen molar-refractivity contribution in [1.29, 1.82) is 0 Å². The number of para-hydroxylation sites is 1. The minimum atomic E-state index is -4.85. The van der Waals surface area contributed by atoms with Crippen molar-refractivity contribution < 1.29 is 22.3 Å². The van der Waals surface area contributed by atoms with E-state index in [0.717, 1.165) is 24.4 Å². The van der Waals surface area contributed by atoms with Gasteiger partial charge in [-0.15, -0.1) is 13.2 Å². The van der Waals surface area contributed by atoms with Crippen LogP contribution in [-0.4, -0.2) is 12.6 Å². The molecule has 110 valence electrons. The van der Waals surface area contributed by atoms with Gasteiger partial charge >= 0.3 is 6.36 Å². The van der Waals surface area contributed by atoms with Crippen molar-refractivity contribution in [1.82, 2.24) is 0 Å². The van der Waals surface area contributed by atoms with Crippen LogP contribution in [0.15, 0.2) is 53.6 Å². The van der Waals surface area contributed by atoms with Crippen LogP contribution in [0.5, 0.6) is 5.75 Å². The summed E-state index contributed by atoms with van der Waals surface area (Å²) in [5, 5.41) is 3.75. The number of ether oxygens (including phenoxy) is 1. The highest BCUT2D eigenvalue weighted by molar-refractivity contribution is 5.84. The van der Waals surface area contributed by atoms with Gasteiger partial charge in [-0.3, -0.25) is 5.43 Å². The maximum Gasteiger partial charge on any atom is 0.573 e. The molecule has 21 heavy (non-hydrogen) atoms. The smallest absolute Gasteiger partial charge is 0.405 e. The van der Waals surface area contributed by atoms with Gasteiger partial charge < -0.3 is 4.74 Å². The SMILES string of the molecule is Fc1ccc(OC(F)(F)F)c(C=NNc2ccccc2)c1. The fourth-order valence-electron chi connectivity index (χ4n) is 1.53. The second kappa shape index (κ2) is 6.25. The number of halogens is 4. The molecule has 1 N–H and O–H groups in total. The largest absolute Gasteiger partial charge is 0.573 e. The van der Waals surface area contributed by atoms with Crippen molar-refractivity contribution in [3.8, 4) is 5.75 Å². The van der Waals surface area contributed by atoms with Crippen molar-refractivity contribution in [3.63, 3.8) is 0 Å². The number of anilines is 1. The lowest BCUT2D eigenvalue weighted by atomic mass is 10.2. The highest BCUT2D eigenvalue weighted by Gasteiger charge is 2.32. The normalized spacial score (nSPS) is 11.6. The lowest BCUT2D eigenvalue weighted by Gasteiger charge is -2.11. The Kier molecular flexibility index (Phi) is 4.42. The first-order chi connectivity index (χ1) is 9.94. The van der Waals surface area contributed by atoms with E-state index in [1.54, 1.807) is 30.3 Å². The summed E-state index contributed by atoms with van der Waals surface area (Å²) in [6.07, 6.45) is -3.80. The van der Waals surface area contributed by atoms with Gasteiger partial charge in [0, 0.05) is 5.56 Å². The molecule has 0 aliphatic rings. The van der Waals surface area contributed by atoms with Crippen LogP contribution in [0.3, 0.4) is 0 Å². The van der Waals surface area contributed by atoms with Crippen molar-refractivity contribution >= 4 is 11.9 Å². The standard InChI is InChI=1S/C14H10F4N2O/c15-11-6-7-13(21-14(16,17)18)10(8-11)9-19-20-12-4-2-1-3-5-12/h1-9,20H. The van der Waals surface area contributed by atoms with Crippen molar-refractivity contribution in [2.75, 3.05) is 5.43 Å². The molecule has 3 nitrogen and oxygen atoms in total. The molecule has 0 aliphatic carbocycles. The zero-order valence-corrected chi connectivity index (χ0v) is 10.6. The lowest BCUT2D eigenvalue weighted by molar-refractivity contribution is -0.274. The van der Waals surface area contributed by atoms with Crippen LogP contribution in [-0.2, 0) is 0 Å². The van der Waals surface area contributed by atoms with Crippen molar-refractivity contribution in [2.24, 2.45) is 5.10 Å². The van der Waals surface area contributed by atoms with Crippen LogP contribution in [0.2, 0.25) is 0 Å². The van der Waals surface area contributed by atoms with Crippen LogP contribution < -0.4 is 10.2 Å². The van der Waals surface area contributed by atoms with Gasteiger partial charge in [0.05, 0.1) is 11.9 Å². The zero-order chi connectivity index (χ0) is 15.3. The predicted octanol–water partition coefficient (Wildman–Crippen LogP) is 4.17. The first kappa shape index (κ1) is 14.8. The first-order valence-electron chi connectivity index (χ1n) is 5.83. The number of rotatable bonds is 4. The van der Waals surface area contributed by atoms with Crippen molar-refractivity contribution in [3.05, 3.63) is 59.9 Å². The molecule has 0 unspecified atom stereocenters. The number of hydrogen-bond donors (Lipinski definition) is 1. The van der Waals surface area contributed by atoms with E-state index in [2.05, 4.69) is 15.3 Å². The molecule has 0 atom stereocenters. The molecule has 0 amide bonds. The number of benzene rings is 2. The number of hydrogen-bond acceptors (Lipinski definition) is 3. The summed E-state index contributed by atoms with van der Waals surface area (Å²) in [6, 6.07) is 11.4. The average molecular weight is 298 g/mol. The molecule has 2 aromatic carbocycles. The highest BCUT2D eigenvalue weighted by Crippen LogP contribution is 2.26. The highest BCUT2D eigenvalue weighted by atomic mass is 19.4. The summed E-state index contributed by atoms with van der Waals surface area (Å²) in [7, 11) is 0. The third-order valence-electron chi connectivity index (χ3n) is 2.37. The Labute approximate surface area is 117 Å². The van der Waals surface area contributed by atoms with E-state index in [1.807, 2.05) is 0 Å². The Hall–Kier alpha value is -2.57. The second-order valence-electron chi connectivity index (χ2n) is 3.97. The summed E-state index contributed by atoms with van der Waals surface area (Å²) in [5.41, 5.74) is 3.13. The molecule has 0 spiro atoms. The van der Waals surface area contributed by atoms with E-state index in [-0.39, 0.29) is 5.56 Å². The van der Waals surface area contributed by atoms with Crippen LogP contribution in [0.4, 0.5) is 23.2 Å². The topological polar surface area (TPSA) is 33.6 Å². The van der Waals surface area contributed by atoms with E-state index in [9.17, 15) is 17.6 Å². The van der Waals surface area contributed by atoms with Crippen LogP contribution in [0.25, 0.3) is 0 Å². The lowest BCUT2D eigenvalue weighted by Crippen LogP contribution is -2.18. The molecule has 2 aromatic rings. The Morgan fingerprint density at radius 2 is 1.76 bits per heavy atom. The quantitative estimate of drug-likeness (QED) is 0.522. The molecule has 0 aliphatic heterocycles. The van der Waals surface area contributed by atoms with Crippen molar-refractivity contribution in [2.45, 2.75) is 6.36 Å². The summed E-state index contributed by atoms with van der Waals surface area (Å²) in [4.78, 5) is 0. The van der Waals surface area contributed by atoms with Crippen LogP contribution in [0, 0.1) is 5.82 Å². The number of hydrazone groups is 1. The van der Waals surface area contributed by atoms with Crippen LogP contribution in [0.1, 0.15) is 5.56 Å². The van der Waals surface area contributed by atoms with Gasteiger partial charge in [0.2, 0.25) is 0 Å². The fourth-order valence-corrected chi connectivity index (χ4v) is 1.53. The molecule has 0 aromatic heterocycles. The minimum absolute atomic E-state index is 0.129. The molecular weight excluding hydrogens is 288 g/mol. The first-order valence-corrected chi connectivity index (χ1v) is 5.83. The maximum atomic E-state index is 13.1. The van der Waals surface area contributed by atoms with Gasteiger partial charge in [0.1, 0.15) is 11.6 Å². The second-order valence-corrected chi connectivity index (χ2v) is 3.97. The van der Waals surface area contributed by atoms with E-state index < -0.39 is 17.9 Å². The summed E-state index contributed by atoms with van der Waals surface area (Å²) < 4.78 is 53.6. The molecule has 0 saturated heterocycles. The van der Waals surface area contributed by atoms with Gasteiger partial charge in [0.15, 0.2) is 0 Å². The molecule has 0 saturated carbocycles. The molecule has 2 rings (SSSR count). The molecule has 0 bridgehead atoms. The van der Waals surface area contributed by atoms with Gasteiger partial charge in [-0.1, -0.05) is 18.2 Å². The monoisotopic (exact) mass is 298 g/mol. The Bertz CT molecular complexity index is 627. The maximum absolute atomic E-state index is 13.1. The Morgan fingerprint density at radius 3 is 2.43 bits per heavy atom. The van der Waals surface area contributed by atoms with Gasteiger partial charge in [-0.05, 0) is 30.3 Å².